The van der Waals surface area contributed by atoms with Gasteiger partial charge in [0.25, 0.3) is 0 Å². The number of rotatable bonds is 2. The molecule has 0 radical (unpaired) electrons. The standard InChI is InChI=1S/C13H24N2O2/c1-9(2)14-11(16)10-7-6-8-15(10)12(17)13(3,4)5/h9-10H,6-8H2,1-5H3,(H,14,16)/t10-/m0/s1. The number of carbonyl (C=O) groups is 2. The first kappa shape index (κ1) is 14.0. The Balaban J connectivity index is 2.73. The van der Waals surface area contributed by atoms with E-state index < -0.39 is 5.41 Å². The topological polar surface area (TPSA) is 49.4 Å². The van der Waals surface area contributed by atoms with Crippen molar-refractivity contribution in [2.75, 3.05) is 6.54 Å². The first-order valence-corrected chi connectivity index (χ1v) is 6.35. The van der Waals surface area contributed by atoms with Crippen molar-refractivity contribution in [2.24, 2.45) is 5.41 Å². The lowest BCUT2D eigenvalue weighted by atomic mass is 9.94. The minimum Gasteiger partial charge on any atom is -0.352 e. The van der Waals surface area contributed by atoms with Crippen LogP contribution in [0.5, 0.6) is 0 Å². The fourth-order valence-electron chi connectivity index (χ4n) is 2.09. The molecule has 1 heterocycles. The molecule has 1 rings (SSSR count). The molecule has 0 aromatic rings. The Morgan fingerprint density at radius 1 is 1.29 bits per heavy atom. The minimum atomic E-state index is -0.416. The smallest absolute Gasteiger partial charge is 0.243 e. The van der Waals surface area contributed by atoms with Gasteiger partial charge in [0, 0.05) is 18.0 Å². The summed E-state index contributed by atoms with van der Waals surface area (Å²) in [7, 11) is 0. The molecule has 1 aliphatic rings. The number of carbonyl (C=O) groups excluding carboxylic acids is 2. The second-order valence-corrected chi connectivity index (χ2v) is 6.07. The van der Waals surface area contributed by atoms with E-state index in [1.165, 1.54) is 0 Å². The number of nitrogens with zero attached hydrogens (tertiary/aromatic N) is 1. The molecule has 0 aromatic carbocycles. The van der Waals surface area contributed by atoms with Crippen LogP contribution in [-0.2, 0) is 9.59 Å². The molecule has 1 N–H and O–H groups in total. The van der Waals surface area contributed by atoms with Crippen LogP contribution < -0.4 is 5.32 Å². The van der Waals surface area contributed by atoms with Crippen LogP contribution in [0.2, 0.25) is 0 Å². The minimum absolute atomic E-state index is 0.0184. The SMILES string of the molecule is CC(C)NC(=O)[C@@H]1CCCN1C(=O)C(C)(C)C. The molecule has 1 fully saturated rings. The Kier molecular flexibility index (Phi) is 4.17. The van der Waals surface area contributed by atoms with E-state index >= 15 is 0 Å². The molecule has 2 amide bonds. The molecule has 1 aliphatic heterocycles. The Labute approximate surface area is 104 Å². The normalized spacial score (nSPS) is 20.8. The Morgan fingerprint density at radius 3 is 2.35 bits per heavy atom. The highest BCUT2D eigenvalue weighted by atomic mass is 16.2. The molecule has 4 nitrogen and oxygen atoms in total. The van der Waals surface area contributed by atoms with Gasteiger partial charge in [0.2, 0.25) is 11.8 Å². The lowest BCUT2D eigenvalue weighted by Gasteiger charge is -2.30. The van der Waals surface area contributed by atoms with Crippen molar-refractivity contribution in [3.05, 3.63) is 0 Å². The Morgan fingerprint density at radius 2 is 1.88 bits per heavy atom. The predicted octanol–water partition coefficient (Wildman–Crippen LogP) is 1.55. The van der Waals surface area contributed by atoms with E-state index in [9.17, 15) is 9.59 Å². The molecule has 1 saturated heterocycles. The predicted molar refractivity (Wildman–Crippen MR) is 67.5 cm³/mol. The summed E-state index contributed by atoms with van der Waals surface area (Å²) in [5.41, 5.74) is -0.416. The highest BCUT2D eigenvalue weighted by Gasteiger charge is 2.38. The van der Waals surface area contributed by atoms with E-state index in [1.807, 2.05) is 34.6 Å². The van der Waals surface area contributed by atoms with Crippen molar-refractivity contribution in [1.82, 2.24) is 10.2 Å². The zero-order valence-corrected chi connectivity index (χ0v) is 11.5. The summed E-state index contributed by atoms with van der Waals surface area (Å²) in [5, 5.41) is 2.89. The van der Waals surface area contributed by atoms with E-state index in [0.29, 0.717) is 6.54 Å². The van der Waals surface area contributed by atoms with Gasteiger partial charge in [-0.25, -0.2) is 0 Å². The molecule has 0 bridgehead atoms. The van der Waals surface area contributed by atoms with Crippen LogP contribution in [0.3, 0.4) is 0 Å². The first-order valence-electron chi connectivity index (χ1n) is 6.35. The first-order chi connectivity index (χ1) is 7.73. The summed E-state index contributed by atoms with van der Waals surface area (Å²) in [4.78, 5) is 25.9. The van der Waals surface area contributed by atoms with Gasteiger partial charge in [-0.2, -0.15) is 0 Å². The monoisotopic (exact) mass is 240 g/mol. The summed E-state index contributed by atoms with van der Waals surface area (Å²) in [6.45, 7) is 10.2. The molecule has 17 heavy (non-hydrogen) atoms. The Hall–Kier alpha value is -1.06. The van der Waals surface area contributed by atoms with Crippen LogP contribution in [0.1, 0.15) is 47.5 Å². The average Bonchev–Trinajstić information content (AvgIpc) is 2.61. The summed E-state index contributed by atoms with van der Waals surface area (Å²) < 4.78 is 0. The molecule has 1 atom stereocenters. The molecular formula is C13H24N2O2. The molecule has 0 aromatic heterocycles. The van der Waals surface area contributed by atoms with Crippen molar-refractivity contribution < 1.29 is 9.59 Å². The maximum atomic E-state index is 12.2. The lowest BCUT2D eigenvalue weighted by molar-refractivity contribution is -0.144. The van der Waals surface area contributed by atoms with Crippen LogP contribution in [0.15, 0.2) is 0 Å². The fourth-order valence-corrected chi connectivity index (χ4v) is 2.09. The van der Waals surface area contributed by atoms with E-state index in [4.69, 9.17) is 0 Å². The quantitative estimate of drug-likeness (QED) is 0.796. The van der Waals surface area contributed by atoms with Gasteiger partial charge in [0.15, 0.2) is 0 Å². The number of hydrogen-bond donors (Lipinski definition) is 1. The van der Waals surface area contributed by atoms with Gasteiger partial charge in [-0.3, -0.25) is 9.59 Å². The fraction of sp³-hybridized carbons (Fsp3) is 0.846. The van der Waals surface area contributed by atoms with Gasteiger partial charge in [-0.05, 0) is 26.7 Å². The van der Waals surface area contributed by atoms with Gasteiger partial charge in [-0.1, -0.05) is 20.8 Å². The third-order valence-electron chi connectivity index (χ3n) is 2.89. The molecule has 0 unspecified atom stereocenters. The largest absolute Gasteiger partial charge is 0.352 e. The zero-order valence-electron chi connectivity index (χ0n) is 11.5. The average molecular weight is 240 g/mol. The highest BCUT2D eigenvalue weighted by molar-refractivity contribution is 5.90. The second kappa shape index (κ2) is 5.07. The molecule has 0 aliphatic carbocycles. The van der Waals surface area contributed by atoms with Crippen LogP contribution in [0, 0.1) is 5.41 Å². The van der Waals surface area contributed by atoms with Gasteiger partial charge >= 0.3 is 0 Å². The van der Waals surface area contributed by atoms with Crippen molar-refractivity contribution in [2.45, 2.75) is 59.5 Å². The molecular weight excluding hydrogens is 216 g/mol. The van der Waals surface area contributed by atoms with Crippen molar-refractivity contribution in [3.63, 3.8) is 0 Å². The van der Waals surface area contributed by atoms with E-state index in [2.05, 4.69) is 5.32 Å². The molecule has 0 saturated carbocycles. The van der Waals surface area contributed by atoms with Gasteiger partial charge in [0.05, 0.1) is 0 Å². The van der Waals surface area contributed by atoms with Gasteiger partial charge in [-0.15, -0.1) is 0 Å². The van der Waals surface area contributed by atoms with Crippen LogP contribution in [-0.4, -0.2) is 35.3 Å². The maximum Gasteiger partial charge on any atom is 0.243 e. The van der Waals surface area contributed by atoms with E-state index in [1.54, 1.807) is 4.90 Å². The zero-order chi connectivity index (χ0) is 13.2. The second-order valence-electron chi connectivity index (χ2n) is 6.07. The summed E-state index contributed by atoms with van der Waals surface area (Å²) >= 11 is 0. The number of hydrogen-bond acceptors (Lipinski definition) is 2. The van der Waals surface area contributed by atoms with Crippen LogP contribution in [0.4, 0.5) is 0 Å². The number of amides is 2. The highest BCUT2D eigenvalue weighted by Crippen LogP contribution is 2.25. The Bertz CT molecular complexity index is 305. The summed E-state index contributed by atoms with van der Waals surface area (Å²) in [6.07, 6.45) is 1.69. The number of nitrogens with one attached hydrogen (secondary N) is 1. The van der Waals surface area contributed by atoms with Crippen molar-refractivity contribution in [1.29, 1.82) is 0 Å². The van der Waals surface area contributed by atoms with Gasteiger partial charge in [0.1, 0.15) is 6.04 Å². The van der Waals surface area contributed by atoms with E-state index in [0.717, 1.165) is 12.8 Å². The lowest BCUT2D eigenvalue weighted by Crippen LogP contribution is -2.50. The van der Waals surface area contributed by atoms with Crippen LogP contribution >= 0.6 is 0 Å². The third-order valence-corrected chi connectivity index (χ3v) is 2.89. The summed E-state index contributed by atoms with van der Waals surface area (Å²) in [5.74, 6) is 0.0500. The van der Waals surface area contributed by atoms with Gasteiger partial charge < -0.3 is 10.2 Å². The molecule has 0 spiro atoms. The van der Waals surface area contributed by atoms with Crippen molar-refractivity contribution in [3.8, 4) is 0 Å². The molecule has 4 heteroatoms. The van der Waals surface area contributed by atoms with Crippen molar-refractivity contribution >= 4 is 11.8 Å². The third kappa shape index (κ3) is 3.45. The van der Waals surface area contributed by atoms with Crippen LogP contribution in [0.25, 0.3) is 0 Å². The molecule has 98 valence electrons. The summed E-state index contributed by atoms with van der Waals surface area (Å²) in [6, 6.07) is -0.154. The number of likely N-dealkylation sites (tertiary alicyclic amines) is 1. The van der Waals surface area contributed by atoms with E-state index in [-0.39, 0.29) is 23.9 Å². The maximum absolute atomic E-state index is 12.2.